The van der Waals surface area contributed by atoms with Crippen LogP contribution >= 0.6 is 0 Å². The molecule has 2 saturated heterocycles. The molecular formula is C15H23N3. The van der Waals surface area contributed by atoms with Gasteiger partial charge < -0.3 is 5.32 Å². The molecule has 0 amide bonds. The first-order chi connectivity index (χ1) is 8.85. The summed E-state index contributed by atoms with van der Waals surface area (Å²) in [5, 5.41) is 3.72. The largest absolute Gasteiger partial charge is 0.311 e. The fraction of sp³-hybridized carbons (Fsp3) is 0.667. The summed E-state index contributed by atoms with van der Waals surface area (Å²) in [4.78, 5) is 7.06. The Bertz CT molecular complexity index is 367. The molecule has 2 atom stereocenters. The Morgan fingerprint density at radius 1 is 1.28 bits per heavy atom. The van der Waals surface area contributed by atoms with E-state index in [1.165, 1.54) is 31.4 Å². The molecule has 2 fully saturated rings. The highest BCUT2D eigenvalue weighted by atomic mass is 15.2. The first-order valence-corrected chi connectivity index (χ1v) is 7.25. The van der Waals surface area contributed by atoms with Gasteiger partial charge in [-0.3, -0.25) is 9.88 Å². The molecule has 2 unspecified atom stereocenters. The smallest absolute Gasteiger partial charge is 0.0544 e. The van der Waals surface area contributed by atoms with Crippen LogP contribution in [0.1, 0.15) is 38.3 Å². The number of aromatic nitrogens is 1. The monoisotopic (exact) mass is 245 g/mol. The summed E-state index contributed by atoms with van der Waals surface area (Å²) >= 11 is 0. The Balaban J connectivity index is 1.65. The van der Waals surface area contributed by atoms with Crippen LogP contribution in [0.3, 0.4) is 0 Å². The lowest BCUT2D eigenvalue weighted by molar-refractivity contribution is 0.139. The van der Waals surface area contributed by atoms with E-state index in [0.29, 0.717) is 0 Å². The highest BCUT2D eigenvalue weighted by Crippen LogP contribution is 2.30. The zero-order valence-corrected chi connectivity index (χ0v) is 11.2. The van der Waals surface area contributed by atoms with Gasteiger partial charge in [-0.1, -0.05) is 13.0 Å². The molecule has 2 aliphatic rings. The van der Waals surface area contributed by atoms with Crippen LogP contribution in [-0.4, -0.2) is 34.6 Å². The second-order valence-corrected chi connectivity index (χ2v) is 5.65. The van der Waals surface area contributed by atoms with Crippen LogP contribution < -0.4 is 5.32 Å². The van der Waals surface area contributed by atoms with E-state index in [-0.39, 0.29) is 0 Å². The average molecular weight is 245 g/mol. The predicted octanol–water partition coefficient (Wildman–Crippen LogP) is 2.19. The second-order valence-electron chi connectivity index (χ2n) is 5.65. The quantitative estimate of drug-likeness (QED) is 0.881. The lowest BCUT2D eigenvalue weighted by atomic mass is 9.98. The molecule has 0 aromatic carbocycles. The average Bonchev–Trinajstić information content (AvgIpc) is 2.76. The Morgan fingerprint density at radius 2 is 2.06 bits per heavy atom. The number of nitrogens with zero attached hydrogens (tertiary/aromatic N) is 2. The van der Waals surface area contributed by atoms with E-state index >= 15 is 0 Å². The zero-order chi connectivity index (χ0) is 12.4. The van der Waals surface area contributed by atoms with Crippen molar-refractivity contribution < 1.29 is 0 Å². The Hall–Kier alpha value is -0.930. The molecule has 2 bridgehead atoms. The van der Waals surface area contributed by atoms with E-state index in [1.54, 1.807) is 0 Å². The zero-order valence-electron chi connectivity index (χ0n) is 11.2. The first kappa shape index (κ1) is 12.1. The third-order valence-electron chi connectivity index (χ3n) is 4.46. The summed E-state index contributed by atoms with van der Waals surface area (Å²) < 4.78 is 0. The minimum absolute atomic E-state index is 0.746. The van der Waals surface area contributed by atoms with Gasteiger partial charge in [-0.05, 0) is 44.4 Å². The molecule has 2 aliphatic heterocycles. The van der Waals surface area contributed by atoms with Gasteiger partial charge >= 0.3 is 0 Å². The molecule has 18 heavy (non-hydrogen) atoms. The van der Waals surface area contributed by atoms with Crippen molar-refractivity contribution in [1.82, 2.24) is 15.2 Å². The molecule has 1 N–H and O–H groups in total. The number of nitrogens with one attached hydrogen (secondary N) is 1. The number of rotatable bonds is 4. The number of hydrogen-bond acceptors (Lipinski definition) is 3. The molecule has 0 aliphatic carbocycles. The van der Waals surface area contributed by atoms with Crippen LogP contribution in [-0.2, 0) is 6.54 Å². The Labute approximate surface area is 110 Å². The van der Waals surface area contributed by atoms with E-state index in [1.807, 2.05) is 12.3 Å². The molecule has 1 aromatic rings. The number of fused-ring (bicyclic) bond motifs is 2. The van der Waals surface area contributed by atoms with Gasteiger partial charge in [0, 0.05) is 30.9 Å². The lowest BCUT2D eigenvalue weighted by Gasteiger charge is -2.37. The van der Waals surface area contributed by atoms with Crippen molar-refractivity contribution in [3.8, 4) is 0 Å². The van der Waals surface area contributed by atoms with Gasteiger partial charge in [0.15, 0.2) is 0 Å². The van der Waals surface area contributed by atoms with E-state index in [9.17, 15) is 0 Å². The minimum atomic E-state index is 0.746. The number of pyridine rings is 1. The van der Waals surface area contributed by atoms with Crippen LogP contribution in [0.4, 0.5) is 0 Å². The molecular weight excluding hydrogens is 222 g/mol. The second kappa shape index (κ2) is 5.37. The van der Waals surface area contributed by atoms with Crippen LogP contribution in [0.25, 0.3) is 0 Å². The van der Waals surface area contributed by atoms with Crippen molar-refractivity contribution in [2.75, 3.05) is 6.54 Å². The number of piperidine rings is 1. The highest BCUT2D eigenvalue weighted by molar-refractivity contribution is 5.04. The maximum absolute atomic E-state index is 4.46. The fourth-order valence-electron chi connectivity index (χ4n) is 3.52. The molecule has 3 nitrogen and oxygen atoms in total. The molecule has 1 aromatic heterocycles. The first-order valence-electron chi connectivity index (χ1n) is 7.25. The van der Waals surface area contributed by atoms with Crippen LogP contribution in [0.2, 0.25) is 0 Å². The molecule has 3 heteroatoms. The van der Waals surface area contributed by atoms with E-state index in [4.69, 9.17) is 0 Å². The summed E-state index contributed by atoms with van der Waals surface area (Å²) in [5.41, 5.74) is 1.20. The summed E-state index contributed by atoms with van der Waals surface area (Å²) in [6.45, 7) is 4.40. The van der Waals surface area contributed by atoms with Gasteiger partial charge in [0.1, 0.15) is 0 Å². The normalized spacial score (nSPS) is 30.9. The van der Waals surface area contributed by atoms with Crippen LogP contribution in [0.5, 0.6) is 0 Å². The molecule has 0 radical (unpaired) electrons. The standard InChI is InChI=1S/C15H23N3/c1-2-18(11-14-5-3-4-8-16-14)15-9-12-6-7-13(10-15)17-12/h3-5,8,12-13,15,17H,2,6-7,9-11H2,1H3. The van der Waals surface area contributed by atoms with Crippen molar-refractivity contribution in [2.24, 2.45) is 0 Å². The maximum atomic E-state index is 4.46. The van der Waals surface area contributed by atoms with Gasteiger partial charge in [-0.25, -0.2) is 0 Å². The van der Waals surface area contributed by atoms with Gasteiger partial charge in [0.05, 0.1) is 5.69 Å². The van der Waals surface area contributed by atoms with Gasteiger partial charge in [-0.2, -0.15) is 0 Å². The molecule has 3 rings (SSSR count). The van der Waals surface area contributed by atoms with Gasteiger partial charge in [-0.15, -0.1) is 0 Å². The molecule has 0 saturated carbocycles. The third-order valence-corrected chi connectivity index (χ3v) is 4.46. The van der Waals surface area contributed by atoms with E-state index in [2.05, 4.69) is 34.3 Å². The summed E-state index contributed by atoms with van der Waals surface area (Å²) in [6, 6.07) is 8.50. The van der Waals surface area contributed by atoms with Crippen molar-refractivity contribution in [1.29, 1.82) is 0 Å². The van der Waals surface area contributed by atoms with Crippen molar-refractivity contribution in [2.45, 2.75) is 57.3 Å². The molecule has 98 valence electrons. The fourth-order valence-corrected chi connectivity index (χ4v) is 3.52. The SMILES string of the molecule is CCN(Cc1ccccn1)C1CC2CCC(C1)N2. The third kappa shape index (κ3) is 2.57. The lowest BCUT2D eigenvalue weighted by Crippen LogP contribution is -2.48. The van der Waals surface area contributed by atoms with Crippen molar-refractivity contribution >= 4 is 0 Å². The predicted molar refractivity (Wildman–Crippen MR) is 73.3 cm³/mol. The summed E-state index contributed by atoms with van der Waals surface area (Å²) in [5.74, 6) is 0. The highest BCUT2D eigenvalue weighted by Gasteiger charge is 2.35. The summed E-state index contributed by atoms with van der Waals surface area (Å²) in [6.07, 6.45) is 7.29. The van der Waals surface area contributed by atoms with Crippen molar-refractivity contribution in [3.05, 3.63) is 30.1 Å². The number of hydrogen-bond donors (Lipinski definition) is 1. The van der Waals surface area contributed by atoms with Crippen LogP contribution in [0.15, 0.2) is 24.4 Å². The Kier molecular flexibility index (Phi) is 3.62. The van der Waals surface area contributed by atoms with Gasteiger partial charge in [0.2, 0.25) is 0 Å². The van der Waals surface area contributed by atoms with E-state index in [0.717, 1.165) is 31.2 Å². The molecule has 3 heterocycles. The topological polar surface area (TPSA) is 28.2 Å². The summed E-state index contributed by atoms with van der Waals surface area (Å²) in [7, 11) is 0. The van der Waals surface area contributed by atoms with Crippen molar-refractivity contribution in [3.63, 3.8) is 0 Å². The van der Waals surface area contributed by atoms with E-state index < -0.39 is 0 Å². The Morgan fingerprint density at radius 3 is 2.67 bits per heavy atom. The van der Waals surface area contributed by atoms with Crippen LogP contribution in [0, 0.1) is 0 Å². The minimum Gasteiger partial charge on any atom is -0.311 e. The maximum Gasteiger partial charge on any atom is 0.0544 e. The van der Waals surface area contributed by atoms with Gasteiger partial charge in [0.25, 0.3) is 0 Å². The molecule has 0 spiro atoms.